The van der Waals surface area contributed by atoms with E-state index < -0.39 is 8.80 Å². The standard InChI is InChI=1S/C16H29N3O4Si/c1-4-21-24(22-5-2,23-6-3)13-7-12-18-16(20)19-15-10-8-14(17)9-11-15/h8-11H,4-7,12-13,17H2,1-3H3,(H2,18,19,20). The van der Waals surface area contributed by atoms with Gasteiger partial charge in [0.1, 0.15) is 0 Å². The van der Waals surface area contributed by atoms with Crippen molar-refractivity contribution < 1.29 is 18.1 Å². The van der Waals surface area contributed by atoms with Crippen LogP contribution in [0.3, 0.4) is 0 Å². The molecule has 0 fully saturated rings. The summed E-state index contributed by atoms with van der Waals surface area (Å²) in [5.41, 5.74) is 6.97. The molecule has 7 nitrogen and oxygen atoms in total. The lowest BCUT2D eigenvalue weighted by Crippen LogP contribution is -2.46. The Balaban J connectivity index is 2.38. The smallest absolute Gasteiger partial charge is 0.399 e. The van der Waals surface area contributed by atoms with E-state index in [2.05, 4.69) is 10.6 Å². The predicted octanol–water partition coefficient (Wildman–Crippen LogP) is 2.83. The lowest BCUT2D eigenvalue weighted by atomic mass is 10.3. The number of nitrogens with one attached hydrogen (secondary N) is 2. The van der Waals surface area contributed by atoms with E-state index in [0.717, 1.165) is 6.42 Å². The Kier molecular flexibility index (Phi) is 9.39. The Labute approximate surface area is 145 Å². The fourth-order valence-corrected chi connectivity index (χ4v) is 4.86. The molecule has 8 heteroatoms. The summed E-state index contributed by atoms with van der Waals surface area (Å²) in [7, 11) is -2.63. The van der Waals surface area contributed by atoms with E-state index in [9.17, 15) is 4.79 Å². The highest BCUT2D eigenvalue weighted by Gasteiger charge is 2.39. The molecule has 0 heterocycles. The molecule has 136 valence electrons. The van der Waals surface area contributed by atoms with Crippen LogP contribution in [0.5, 0.6) is 0 Å². The highest BCUT2D eigenvalue weighted by atomic mass is 28.4. The minimum absolute atomic E-state index is 0.253. The second kappa shape index (κ2) is 11.0. The van der Waals surface area contributed by atoms with Crippen molar-refractivity contribution in [1.82, 2.24) is 5.32 Å². The van der Waals surface area contributed by atoms with Gasteiger partial charge in [-0.3, -0.25) is 0 Å². The number of anilines is 2. The van der Waals surface area contributed by atoms with Crippen LogP contribution in [0.25, 0.3) is 0 Å². The molecule has 0 spiro atoms. The zero-order chi connectivity index (χ0) is 17.8. The molecule has 1 aromatic carbocycles. The summed E-state index contributed by atoms with van der Waals surface area (Å²) in [6.07, 6.45) is 0.724. The molecule has 0 saturated heterocycles. The van der Waals surface area contributed by atoms with E-state index in [1.807, 2.05) is 20.8 Å². The number of carbonyl (C=O) groups is 1. The first-order chi connectivity index (χ1) is 11.5. The summed E-state index contributed by atoms with van der Waals surface area (Å²) in [6, 6.07) is 7.41. The highest BCUT2D eigenvalue weighted by Crippen LogP contribution is 2.17. The van der Waals surface area contributed by atoms with E-state index >= 15 is 0 Å². The monoisotopic (exact) mass is 355 g/mol. The minimum atomic E-state index is -2.63. The fraction of sp³-hybridized carbons (Fsp3) is 0.562. The number of hydrogen-bond donors (Lipinski definition) is 3. The van der Waals surface area contributed by atoms with Gasteiger partial charge in [-0.25, -0.2) is 4.79 Å². The van der Waals surface area contributed by atoms with Gasteiger partial charge in [-0.1, -0.05) is 0 Å². The maximum atomic E-state index is 11.9. The molecular formula is C16H29N3O4Si. The number of benzene rings is 1. The first-order valence-corrected chi connectivity index (χ1v) is 10.3. The molecule has 1 aromatic rings. The topological polar surface area (TPSA) is 94.8 Å². The van der Waals surface area contributed by atoms with Crippen LogP contribution in [0.15, 0.2) is 24.3 Å². The van der Waals surface area contributed by atoms with Gasteiger partial charge in [0.25, 0.3) is 0 Å². The predicted molar refractivity (Wildman–Crippen MR) is 97.9 cm³/mol. The van der Waals surface area contributed by atoms with Crippen molar-refractivity contribution in [3.05, 3.63) is 24.3 Å². The highest BCUT2D eigenvalue weighted by molar-refractivity contribution is 6.60. The zero-order valence-electron chi connectivity index (χ0n) is 14.8. The van der Waals surface area contributed by atoms with Gasteiger partial charge < -0.3 is 29.6 Å². The van der Waals surface area contributed by atoms with Crippen molar-refractivity contribution >= 4 is 26.2 Å². The van der Waals surface area contributed by atoms with Crippen LogP contribution in [0, 0.1) is 0 Å². The fourth-order valence-electron chi connectivity index (χ4n) is 2.25. The molecule has 0 atom stereocenters. The Hall–Kier alpha value is -1.61. The molecule has 0 aliphatic rings. The molecule has 0 unspecified atom stereocenters. The van der Waals surface area contributed by atoms with Crippen LogP contribution in [0.1, 0.15) is 27.2 Å². The first kappa shape index (κ1) is 20.4. The van der Waals surface area contributed by atoms with Gasteiger partial charge >= 0.3 is 14.8 Å². The Morgan fingerprint density at radius 1 is 1.04 bits per heavy atom. The Bertz CT molecular complexity index is 468. The van der Waals surface area contributed by atoms with Crippen molar-refractivity contribution in [2.24, 2.45) is 0 Å². The summed E-state index contributed by atoms with van der Waals surface area (Å²) in [4.78, 5) is 11.9. The molecule has 0 radical (unpaired) electrons. The minimum Gasteiger partial charge on any atom is -0.399 e. The van der Waals surface area contributed by atoms with Crippen molar-refractivity contribution in [2.45, 2.75) is 33.2 Å². The zero-order valence-corrected chi connectivity index (χ0v) is 15.8. The summed E-state index contributed by atoms with van der Waals surface area (Å²) in [6.45, 7) is 7.96. The summed E-state index contributed by atoms with van der Waals surface area (Å²) < 4.78 is 17.3. The lowest BCUT2D eigenvalue weighted by molar-refractivity contribution is 0.0708. The number of urea groups is 1. The summed E-state index contributed by atoms with van der Waals surface area (Å²) in [5.74, 6) is 0. The molecular weight excluding hydrogens is 326 g/mol. The SMILES string of the molecule is CCO[Si](CCCNC(=O)Nc1ccc(N)cc1)(OCC)OCC. The Morgan fingerprint density at radius 2 is 1.58 bits per heavy atom. The van der Waals surface area contributed by atoms with Crippen LogP contribution in [-0.2, 0) is 13.3 Å². The van der Waals surface area contributed by atoms with Gasteiger partial charge in [-0.2, -0.15) is 0 Å². The average molecular weight is 356 g/mol. The van der Waals surface area contributed by atoms with Crippen LogP contribution in [-0.4, -0.2) is 41.2 Å². The number of hydrogen-bond acceptors (Lipinski definition) is 5. The second-order valence-electron chi connectivity index (χ2n) is 5.09. The van der Waals surface area contributed by atoms with Gasteiger partial charge in [-0.15, -0.1) is 0 Å². The molecule has 2 amide bonds. The van der Waals surface area contributed by atoms with E-state index in [-0.39, 0.29) is 6.03 Å². The van der Waals surface area contributed by atoms with Crippen LogP contribution in [0.2, 0.25) is 6.04 Å². The third kappa shape index (κ3) is 7.31. The van der Waals surface area contributed by atoms with Crippen molar-refractivity contribution in [3.63, 3.8) is 0 Å². The average Bonchev–Trinajstić information content (AvgIpc) is 2.55. The molecule has 0 aliphatic heterocycles. The second-order valence-corrected chi connectivity index (χ2v) is 7.82. The molecule has 0 bridgehead atoms. The van der Waals surface area contributed by atoms with Crippen LogP contribution < -0.4 is 16.4 Å². The van der Waals surface area contributed by atoms with E-state index in [1.165, 1.54) is 0 Å². The third-order valence-corrected chi connectivity index (χ3v) is 6.36. The molecule has 24 heavy (non-hydrogen) atoms. The number of rotatable bonds is 11. The molecule has 0 aromatic heterocycles. The quantitative estimate of drug-likeness (QED) is 0.322. The number of amides is 2. The maximum absolute atomic E-state index is 11.9. The van der Waals surface area contributed by atoms with Crippen molar-refractivity contribution in [2.75, 3.05) is 37.4 Å². The maximum Gasteiger partial charge on any atom is 0.500 e. The molecule has 1 rings (SSSR count). The van der Waals surface area contributed by atoms with E-state index in [4.69, 9.17) is 19.0 Å². The molecule has 0 aliphatic carbocycles. The lowest BCUT2D eigenvalue weighted by Gasteiger charge is -2.28. The Morgan fingerprint density at radius 3 is 2.08 bits per heavy atom. The molecule has 0 saturated carbocycles. The van der Waals surface area contributed by atoms with E-state index in [0.29, 0.717) is 43.8 Å². The van der Waals surface area contributed by atoms with Crippen molar-refractivity contribution in [1.29, 1.82) is 0 Å². The third-order valence-electron chi connectivity index (χ3n) is 3.21. The number of nitrogen functional groups attached to an aromatic ring is 1. The van der Waals surface area contributed by atoms with E-state index in [1.54, 1.807) is 24.3 Å². The number of carbonyl (C=O) groups excluding carboxylic acids is 1. The normalized spacial score (nSPS) is 11.3. The first-order valence-electron chi connectivity index (χ1n) is 8.37. The van der Waals surface area contributed by atoms with Gasteiger partial charge in [0.05, 0.1) is 0 Å². The summed E-state index contributed by atoms with van der Waals surface area (Å²) in [5, 5.41) is 5.57. The van der Waals surface area contributed by atoms with Gasteiger partial charge in [-0.05, 0) is 51.5 Å². The van der Waals surface area contributed by atoms with Gasteiger partial charge in [0.15, 0.2) is 0 Å². The number of nitrogens with two attached hydrogens (primary N) is 1. The van der Waals surface area contributed by atoms with Crippen molar-refractivity contribution in [3.8, 4) is 0 Å². The summed E-state index contributed by atoms with van der Waals surface area (Å²) >= 11 is 0. The largest absolute Gasteiger partial charge is 0.500 e. The van der Waals surface area contributed by atoms with Crippen LogP contribution >= 0.6 is 0 Å². The van der Waals surface area contributed by atoms with Gasteiger partial charge in [0.2, 0.25) is 0 Å². The van der Waals surface area contributed by atoms with Crippen LogP contribution in [0.4, 0.5) is 16.2 Å². The molecule has 4 N–H and O–H groups in total. The van der Waals surface area contributed by atoms with Gasteiger partial charge in [0, 0.05) is 43.8 Å².